The second-order valence-corrected chi connectivity index (χ2v) is 9.32. The van der Waals surface area contributed by atoms with E-state index < -0.39 is 18.1 Å². The van der Waals surface area contributed by atoms with Gasteiger partial charge in [-0.3, -0.25) is 19.4 Å². The number of methoxy groups -OCH3 is 1. The van der Waals surface area contributed by atoms with Crippen molar-refractivity contribution in [2.45, 2.75) is 38.3 Å². The summed E-state index contributed by atoms with van der Waals surface area (Å²) < 4.78 is 12.3. The minimum atomic E-state index is -0.965. The number of aryl methyl sites for hydroxylation is 1. The minimum Gasteiger partial charge on any atom is -0.493 e. The molecule has 0 saturated carbocycles. The van der Waals surface area contributed by atoms with Crippen LogP contribution in [0, 0.1) is 0 Å². The Morgan fingerprint density at radius 3 is 2.92 bits per heavy atom. The minimum absolute atomic E-state index is 0.187. The number of aliphatic carboxylic acids is 1. The number of hydrogen-bond acceptors (Lipinski definition) is 8. The summed E-state index contributed by atoms with van der Waals surface area (Å²) in [5, 5.41) is 21.0. The molecule has 202 valence electrons. The third-order valence-electron chi connectivity index (χ3n) is 6.62. The van der Waals surface area contributed by atoms with Crippen LogP contribution in [0.15, 0.2) is 55.0 Å². The number of benzene rings is 1. The molecule has 3 aromatic heterocycles. The van der Waals surface area contributed by atoms with Gasteiger partial charge in [0.15, 0.2) is 0 Å². The molecule has 0 aliphatic carbocycles. The van der Waals surface area contributed by atoms with E-state index in [4.69, 9.17) is 9.72 Å². The van der Waals surface area contributed by atoms with Gasteiger partial charge in [0.1, 0.15) is 5.75 Å². The summed E-state index contributed by atoms with van der Waals surface area (Å²) in [5.74, 6) is -0.262. The number of anilines is 1. The lowest BCUT2D eigenvalue weighted by molar-refractivity contribution is -0.137. The number of carboxylic acids is 1. The maximum Gasteiger partial charge on any atom is 0.407 e. The average molecular weight is 531 g/mol. The molecule has 1 unspecified atom stereocenters. The van der Waals surface area contributed by atoms with Crippen LogP contribution in [0.3, 0.4) is 0 Å². The molecule has 1 aliphatic rings. The van der Waals surface area contributed by atoms with Crippen molar-refractivity contribution in [3.63, 3.8) is 0 Å². The van der Waals surface area contributed by atoms with E-state index in [1.807, 2.05) is 30.3 Å². The highest BCUT2D eigenvalue weighted by molar-refractivity contribution is 5.81. The number of ether oxygens (including phenoxy) is 2. The monoisotopic (exact) mass is 530 g/mol. The van der Waals surface area contributed by atoms with Crippen molar-refractivity contribution in [1.29, 1.82) is 0 Å². The first-order chi connectivity index (χ1) is 19.0. The van der Waals surface area contributed by atoms with Crippen molar-refractivity contribution in [3.8, 4) is 5.75 Å². The fourth-order valence-corrected chi connectivity index (χ4v) is 4.70. The SMILES string of the molecule is COC(=O)NCc1cncc(C(CC(=O)O)n2ncc3cc(OCCc4ccc5c(n4)CCCN5)ccc32)c1. The molecule has 4 aromatic rings. The van der Waals surface area contributed by atoms with E-state index in [1.165, 1.54) is 7.11 Å². The molecule has 5 rings (SSSR count). The third kappa shape index (κ3) is 6.25. The first kappa shape index (κ1) is 26.0. The largest absolute Gasteiger partial charge is 0.493 e. The summed E-state index contributed by atoms with van der Waals surface area (Å²) in [5.41, 5.74) is 5.39. The molecule has 11 heteroatoms. The molecule has 1 aromatic carbocycles. The highest BCUT2D eigenvalue weighted by atomic mass is 16.5. The first-order valence-electron chi connectivity index (χ1n) is 12.8. The number of carboxylic acid groups (broad SMARTS) is 1. The summed E-state index contributed by atoms with van der Waals surface area (Å²) in [6.07, 6.45) is 6.96. The fourth-order valence-electron chi connectivity index (χ4n) is 4.70. The summed E-state index contributed by atoms with van der Waals surface area (Å²) in [4.78, 5) is 32.2. The van der Waals surface area contributed by atoms with Gasteiger partial charge in [-0.15, -0.1) is 0 Å². The van der Waals surface area contributed by atoms with E-state index in [1.54, 1.807) is 23.3 Å². The molecule has 1 aliphatic heterocycles. The highest BCUT2D eigenvalue weighted by Gasteiger charge is 2.22. The van der Waals surface area contributed by atoms with Crippen LogP contribution >= 0.6 is 0 Å². The van der Waals surface area contributed by atoms with E-state index >= 15 is 0 Å². The number of alkyl carbamates (subject to hydrolysis) is 1. The number of pyridine rings is 2. The van der Waals surface area contributed by atoms with Gasteiger partial charge in [-0.1, -0.05) is 0 Å². The van der Waals surface area contributed by atoms with Crippen LogP contribution in [0.4, 0.5) is 10.5 Å². The lowest BCUT2D eigenvalue weighted by Crippen LogP contribution is -2.23. The predicted octanol–water partition coefficient (Wildman–Crippen LogP) is 3.73. The Bertz CT molecular complexity index is 1490. The van der Waals surface area contributed by atoms with Crippen molar-refractivity contribution >= 4 is 28.7 Å². The zero-order valence-electron chi connectivity index (χ0n) is 21.6. The van der Waals surface area contributed by atoms with Gasteiger partial charge in [0.25, 0.3) is 0 Å². The van der Waals surface area contributed by atoms with E-state index in [-0.39, 0.29) is 13.0 Å². The predicted molar refractivity (Wildman–Crippen MR) is 144 cm³/mol. The molecular weight excluding hydrogens is 500 g/mol. The van der Waals surface area contributed by atoms with Gasteiger partial charge in [0.05, 0.1) is 49.3 Å². The van der Waals surface area contributed by atoms with Crippen LogP contribution in [0.5, 0.6) is 5.75 Å². The van der Waals surface area contributed by atoms with E-state index in [9.17, 15) is 14.7 Å². The van der Waals surface area contributed by atoms with Crippen LogP contribution in [0.2, 0.25) is 0 Å². The number of rotatable bonds is 10. The van der Waals surface area contributed by atoms with E-state index in [0.717, 1.165) is 47.4 Å². The molecular formula is C28H30N6O5. The Kier molecular flexibility index (Phi) is 7.86. The van der Waals surface area contributed by atoms with Gasteiger partial charge in [-0.25, -0.2) is 4.79 Å². The normalized spacial score (nSPS) is 13.3. The molecule has 4 heterocycles. The summed E-state index contributed by atoms with van der Waals surface area (Å²) >= 11 is 0. The van der Waals surface area contributed by atoms with Crippen LogP contribution < -0.4 is 15.4 Å². The van der Waals surface area contributed by atoms with Gasteiger partial charge < -0.3 is 25.2 Å². The smallest absolute Gasteiger partial charge is 0.407 e. The molecule has 0 bridgehead atoms. The third-order valence-corrected chi connectivity index (χ3v) is 6.62. The standard InChI is InChI=1S/C28H30N6O5/c1-38-28(37)31-15-18-11-19(16-29-14-18)26(13-27(35)36)34-25-7-5-22(12-20(25)17-32-34)39-10-8-21-4-6-23-24(33-21)3-2-9-30-23/h4-7,11-12,14,16-17,26,30H,2-3,8-10,13,15H2,1H3,(H,31,37)(H,35,36). The summed E-state index contributed by atoms with van der Waals surface area (Å²) in [6, 6.07) is 11.0. The number of fused-ring (bicyclic) bond motifs is 2. The first-order valence-corrected chi connectivity index (χ1v) is 12.8. The highest BCUT2D eigenvalue weighted by Crippen LogP contribution is 2.29. The second kappa shape index (κ2) is 11.8. The molecule has 3 N–H and O–H groups in total. The quantitative estimate of drug-likeness (QED) is 0.280. The van der Waals surface area contributed by atoms with Crippen LogP contribution in [-0.4, -0.2) is 57.2 Å². The Hall–Kier alpha value is -4.67. The Morgan fingerprint density at radius 2 is 2.08 bits per heavy atom. The van der Waals surface area contributed by atoms with Crippen molar-refractivity contribution in [2.75, 3.05) is 25.6 Å². The van der Waals surface area contributed by atoms with Gasteiger partial charge in [-0.05, 0) is 60.4 Å². The number of nitrogens with one attached hydrogen (secondary N) is 2. The Morgan fingerprint density at radius 1 is 1.18 bits per heavy atom. The number of carbonyl (C=O) groups is 2. The number of hydrogen-bond donors (Lipinski definition) is 3. The molecule has 39 heavy (non-hydrogen) atoms. The van der Waals surface area contributed by atoms with Crippen LogP contribution in [0.1, 0.15) is 41.4 Å². The van der Waals surface area contributed by atoms with Crippen molar-refractivity contribution < 1.29 is 24.2 Å². The van der Waals surface area contributed by atoms with Crippen LogP contribution in [0.25, 0.3) is 10.9 Å². The van der Waals surface area contributed by atoms with E-state index in [0.29, 0.717) is 29.9 Å². The van der Waals surface area contributed by atoms with Gasteiger partial charge >= 0.3 is 12.1 Å². The molecule has 0 spiro atoms. The summed E-state index contributed by atoms with van der Waals surface area (Å²) in [6.45, 7) is 1.68. The molecule has 0 saturated heterocycles. The Balaban J connectivity index is 1.30. The van der Waals surface area contributed by atoms with Gasteiger partial charge in [0.2, 0.25) is 0 Å². The van der Waals surface area contributed by atoms with Crippen molar-refractivity contribution in [3.05, 3.63) is 77.5 Å². The maximum atomic E-state index is 11.8. The number of carbonyl (C=O) groups excluding carboxylic acids is 1. The molecule has 11 nitrogen and oxygen atoms in total. The zero-order chi connectivity index (χ0) is 27.2. The molecule has 1 atom stereocenters. The van der Waals surface area contributed by atoms with Gasteiger partial charge in [-0.2, -0.15) is 5.10 Å². The lowest BCUT2D eigenvalue weighted by Gasteiger charge is -2.18. The number of nitrogens with zero attached hydrogens (tertiary/aromatic N) is 4. The zero-order valence-corrected chi connectivity index (χ0v) is 21.6. The summed E-state index contributed by atoms with van der Waals surface area (Å²) in [7, 11) is 1.29. The lowest BCUT2D eigenvalue weighted by atomic mass is 10.0. The molecule has 0 radical (unpaired) electrons. The maximum absolute atomic E-state index is 11.8. The Labute approximate surface area is 225 Å². The topological polar surface area (TPSA) is 140 Å². The van der Waals surface area contributed by atoms with E-state index in [2.05, 4.69) is 31.5 Å². The van der Waals surface area contributed by atoms with Crippen LogP contribution in [-0.2, 0) is 28.9 Å². The van der Waals surface area contributed by atoms with Crippen molar-refractivity contribution in [1.82, 2.24) is 25.1 Å². The number of aromatic nitrogens is 4. The fraction of sp³-hybridized carbons (Fsp3) is 0.321. The van der Waals surface area contributed by atoms with Gasteiger partial charge in [0, 0.05) is 43.0 Å². The molecule has 0 fully saturated rings. The van der Waals surface area contributed by atoms with Crippen molar-refractivity contribution in [2.24, 2.45) is 0 Å². The molecule has 1 amide bonds. The second-order valence-electron chi connectivity index (χ2n) is 9.32. The number of amides is 1. The average Bonchev–Trinajstić information content (AvgIpc) is 3.37.